The van der Waals surface area contributed by atoms with Crippen LogP contribution in [0.3, 0.4) is 0 Å². The molecular weight excluding hydrogens is 465 g/mol. The van der Waals surface area contributed by atoms with Crippen molar-refractivity contribution in [3.8, 4) is 17.0 Å². The molecule has 2 aliphatic rings. The summed E-state index contributed by atoms with van der Waals surface area (Å²) in [6, 6.07) is 10.8. The molecule has 190 valence electrons. The van der Waals surface area contributed by atoms with Crippen molar-refractivity contribution >= 4 is 5.95 Å². The number of benzene rings is 1. The quantitative estimate of drug-likeness (QED) is 0.494. The van der Waals surface area contributed by atoms with Gasteiger partial charge < -0.3 is 19.1 Å². The molecule has 0 saturated carbocycles. The highest BCUT2D eigenvalue weighted by atomic mass is 19.1. The molecule has 2 saturated heterocycles. The number of hydrogen-bond donors (Lipinski definition) is 0. The van der Waals surface area contributed by atoms with Crippen molar-refractivity contribution < 1.29 is 18.6 Å². The summed E-state index contributed by atoms with van der Waals surface area (Å²) in [6.07, 6.45) is 2.41. The third kappa shape index (κ3) is 5.56. The largest absolute Gasteiger partial charge is 0.492 e. The van der Waals surface area contributed by atoms with Crippen LogP contribution in [0.25, 0.3) is 11.3 Å². The average molecular weight is 496 g/mol. The molecule has 0 bridgehead atoms. The number of pyridine rings is 1. The first-order valence-electron chi connectivity index (χ1n) is 12.2. The molecule has 4 heterocycles. The van der Waals surface area contributed by atoms with Gasteiger partial charge in [-0.15, -0.1) is 0 Å². The van der Waals surface area contributed by atoms with E-state index < -0.39 is 5.82 Å². The number of aromatic nitrogens is 3. The van der Waals surface area contributed by atoms with Gasteiger partial charge in [0, 0.05) is 51.1 Å². The molecule has 2 fully saturated rings. The van der Waals surface area contributed by atoms with E-state index in [0.29, 0.717) is 32.3 Å². The van der Waals surface area contributed by atoms with E-state index in [4.69, 9.17) is 14.2 Å². The third-order valence-electron chi connectivity index (χ3n) is 6.54. The van der Waals surface area contributed by atoms with Crippen LogP contribution in [-0.2, 0) is 16.5 Å². The van der Waals surface area contributed by atoms with Crippen LogP contribution in [0.1, 0.15) is 11.7 Å². The van der Waals surface area contributed by atoms with E-state index in [0.717, 1.165) is 50.4 Å². The van der Waals surface area contributed by atoms with Crippen molar-refractivity contribution in [1.29, 1.82) is 0 Å². The Hall–Kier alpha value is -3.34. The third-order valence-corrected chi connectivity index (χ3v) is 6.54. The van der Waals surface area contributed by atoms with Gasteiger partial charge in [-0.25, -0.2) is 9.37 Å². The Morgan fingerprint density at radius 1 is 1.11 bits per heavy atom. The molecule has 10 heteroatoms. The standard InChI is InChI=1S/C26H30FN5O4/c1-30-25(33)16-23(21-6-7-28-17-22(21)27)29-26(30)32-11-15-36-24(18-32)19-2-4-20(5-3-19)35-14-10-31-8-12-34-13-9-31/h2-7,16-17,24H,8-15,18H2,1H3/t24-/m1/s1. The zero-order valence-electron chi connectivity index (χ0n) is 20.3. The van der Waals surface area contributed by atoms with Crippen LogP contribution in [0.2, 0.25) is 0 Å². The number of morpholine rings is 2. The molecule has 0 unspecified atom stereocenters. The van der Waals surface area contributed by atoms with Crippen molar-refractivity contribution in [2.75, 3.05) is 64.1 Å². The molecule has 0 spiro atoms. The highest BCUT2D eigenvalue weighted by molar-refractivity contribution is 5.60. The van der Waals surface area contributed by atoms with Gasteiger partial charge in [0.15, 0.2) is 5.82 Å². The summed E-state index contributed by atoms with van der Waals surface area (Å²) in [7, 11) is 1.67. The van der Waals surface area contributed by atoms with Crippen molar-refractivity contribution in [3.63, 3.8) is 0 Å². The molecule has 1 atom stereocenters. The molecule has 1 aromatic carbocycles. The Morgan fingerprint density at radius 2 is 1.92 bits per heavy atom. The molecule has 9 nitrogen and oxygen atoms in total. The van der Waals surface area contributed by atoms with E-state index in [1.165, 1.54) is 22.9 Å². The Balaban J connectivity index is 1.26. The van der Waals surface area contributed by atoms with Crippen LogP contribution in [0.15, 0.2) is 53.6 Å². The molecule has 3 aromatic rings. The van der Waals surface area contributed by atoms with E-state index in [1.807, 2.05) is 29.2 Å². The number of rotatable bonds is 7. The first-order chi connectivity index (χ1) is 17.6. The molecule has 0 amide bonds. The van der Waals surface area contributed by atoms with Crippen LogP contribution in [0.4, 0.5) is 10.3 Å². The smallest absolute Gasteiger partial charge is 0.255 e. The molecule has 36 heavy (non-hydrogen) atoms. The van der Waals surface area contributed by atoms with Gasteiger partial charge in [-0.1, -0.05) is 12.1 Å². The average Bonchev–Trinajstić information content (AvgIpc) is 2.91. The Morgan fingerprint density at radius 3 is 2.69 bits per heavy atom. The van der Waals surface area contributed by atoms with E-state index in [1.54, 1.807) is 7.05 Å². The number of hydrogen-bond acceptors (Lipinski definition) is 8. The minimum absolute atomic E-state index is 0.195. The maximum Gasteiger partial charge on any atom is 0.255 e. The monoisotopic (exact) mass is 495 g/mol. The SMILES string of the molecule is Cn1c(N2CCO[C@@H](c3ccc(OCCN4CCOCC4)cc3)C2)nc(-c2ccncc2F)cc1=O. The Kier molecular flexibility index (Phi) is 7.55. The summed E-state index contributed by atoms with van der Waals surface area (Å²) < 4.78 is 33.1. The van der Waals surface area contributed by atoms with E-state index in [-0.39, 0.29) is 22.9 Å². The second kappa shape index (κ2) is 11.2. The van der Waals surface area contributed by atoms with Gasteiger partial charge in [-0.2, -0.15) is 0 Å². The molecule has 0 N–H and O–H groups in total. The van der Waals surface area contributed by atoms with Gasteiger partial charge in [0.05, 0.1) is 38.3 Å². The molecule has 2 aromatic heterocycles. The highest BCUT2D eigenvalue weighted by Crippen LogP contribution is 2.28. The van der Waals surface area contributed by atoms with Gasteiger partial charge >= 0.3 is 0 Å². The van der Waals surface area contributed by atoms with Crippen molar-refractivity contribution in [1.82, 2.24) is 19.4 Å². The number of anilines is 1. The van der Waals surface area contributed by atoms with Crippen LogP contribution in [0.5, 0.6) is 5.75 Å². The number of nitrogens with zero attached hydrogens (tertiary/aromatic N) is 5. The highest BCUT2D eigenvalue weighted by Gasteiger charge is 2.25. The van der Waals surface area contributed by atoms with Gasteiger partial charge in [0.2, 0.25) is 5.95 Å². The predicted molar refractivity (Wildman–Crippen MR) is 133 cm³/mol. The van der Waals surface area contributed by atoms with Gasteiger partial charge in [0.1, 0.15) is 18.5 Å². The lowest BCUT2D eigenvalue weighted by atomic mass is 10.1. The molecule has 0 aliphatic carbocycles. The first kappa shape index (κ1) is 24.4. The van der Waals surface area contributed by atoms with Crippen molar-refractivity contribution in [3.05, 3.63) is 70.5 Å². The topological polar surface area (TPSA) is 81.9 Å². The summed E-state index contributed by atoms with van der Waals surface area (Å²) in [4.78, 5) is 25.4. The number of ether oxygens (including phenoxy) is 3. The lowest BCUT2D eigenvalue weighted by Gasteiger charge is -2.34. The van der Waals surface area contributed by atoms with Crippen LogP contribution >= 0.6 is 0 Å². The zero-order chi connectivity index (χ0) is 24.9. The maximum absolute atomic E-state index is 14.3. The fraction of sp³-hybridized carbons (Fsp3) is 0.423. The van der Waals surface area contributed by atoms with Crippen LogP contribution in [0, 0.1) is 5.82 Å². The molecule has 0 radical (unpaired) electrons. The second-order valence-electron chi connectivity index (χ2n) is 8.87. The van der Waals surface area contributed by atoms with Gasteiger partial charge in [0.25, 0.3) is 5.56 Å². The summed E-state index contributed by atoms with van der Waals surface area (Å²) in [5.41, 5.74) is 1.29. The van der Waals surface area contributed by atoms with Crippen molar-refractivity contribution in [2.24, 2.45) is 7.05 Å². The lowest BCUT2D eigenvalue weighted by molar-refractivity contribution is 0.0322. The summed E-state index contributed by atoms with van der Waals surface area (Å²) in [5.74, 6) is 0.775. The summed E-state index contributed by atoms with van der Waals surface area (Å²) in [5, 5.41) is 0. The normalized spacial score (nSPS) is 18.8. The zero-order valence-corrected chi connectivity index (χ0v) is 20.3. The summed E-state index contributed by atoms with van der Waals surface area (Å²) >= 11 is 0. The minimum atomic E-state index is -0.517. The number of halogens is 1. The van der Waals surface area contributed by atoms with Crippen LogP contribution in [-0.4, -0.2) is 78.6 Å². The molecular formula is C26H30FN5O4. The van der Waals surface area contributed by atoms with Gasteiger partial charge in [-0.05, 0) is 23.8 Å². The maximum atomic E-state index is 14.3. The van der Waals surface area contributed by atoms with E-state index in [2.05, 4.69) is 14.9 Å². The lowest BCUT2D eigenvalue weighted by Crippen LogP contribution is -2.41. The van der Waals surface area contributed by atoms with Crippen LogP contribution < -0.4 is 15.2 Å². The first-order valence-corrected chi connectivity index (χ1v) is 12.2. The minimum Gasteiger partial charge on any atom is -0.492 e. The van der Waals surface area contributed by atoms with Crippen molar-refractivity contribution in [2.45, 2.75) is 6.10 Å². The second-order valence-corrected chi connectivity index (χ2v) is 8.87. The predicted octanol–water partition coefficient (Wildman–Crippen LogP) is 2.27. The van der Waals surface area contributed by atoms with E-state index in [9.17, 15) is 9.18 Å². The Bertz CT molecular complexity index is 1230. The van der Waals surface area contributed by atoms with E-state index >= 15 is 0 Å². The fourth-order valence-corrected chi connectivity index (χ4v) is 4.46. The molecule has 5 rings (SSSR count). The summed E-state index contributed by atoms with van der Waals surface area (Å²) in [6.45, 7) is 6.51. The van der Waals surface area contributed by atoms with Gasteiger partial charge in [-0.3, -0.25) is 19.2 Å². The Labute approximate surface area is 209 Å². The molecule has 2 aliphatic heterocycles. The fourth-order valence-electron chi connectivity index (χ4n) is 4.46.